The Bertz CT molecular complexity index is 556. The molecule has 0 spiro atoms. The fourth-order valence-corrected chi connectivity index (χ4v) is 2.17. The molecule has 0 aromatic carbocycles. The van der Waals surface area contributed by atoms with Gasteiger partial charge in [-0.1, -0.05) is 0 Å². The molecular formula is C14H18N6. The van der Waals surface area contributed by atoms with Gasteiger partial charge >= 0.3 is 0 Å². The van der Waals surface area contributed by atoms with Gasteiger partial charge in [0.15, 0.2) is 5.82 Å². The average Bonchev–Trinajstić information content (AvgIpc) is 2.41. The van der Waals surface area contributed by atoms with Crippen molar-refractivity contribution >= 4 is 11.8 Å². The van der Waals surface area contributed by atoms with E-state index in [-0.39, 0.29) is 0 Å². The maximum Gasteiger partial charge on any atom is 0.222 e. The van der Waals surface area contributed by atoms with E-state index in [1.165, 1.54) is 0 Å². The summed E-state index contributed by atoms with van der Waals surface area (Å²) in [6, 6.07) is 4.02. The maximum absolute atomic E-state index is 4.24. The van der Waals surface area contributed by atoms with Crippen molar-refractivity contribution in [2.75, 3.05) is 29.9 Å². The summed E-state index contributed by atoms with van der Waals surface area (Å²) in [6.45, 7) is 6.81. The summed E-state index contributed by atoms with van der Waals surface area (Å²) in [5.41, 5.74) is 2.02. The molecule has 1 aliphatic rings. The van der Waals surface area contributed by atoms with Crippen LogP contribution in [0.5, 0.6) is 0 Å². The molecule has 0 aliphatic carbocycles. The highest BCUT2D eigenvalue weighted by atomic mass is 15.3. The Labute approximate surface area is 118 Å². The van der Waals surface area contributed by atoms with Crippen LogP contribution in [0.4, 0.5) is 11.8 Å². The molecule has 3 rings (SSSR count). The van der Waals surface area contributed by atoms with Gasteiger partial charge in [-0.05, 0) is 31.5 Å². The fourth-order valence-electron chi connectivity index (χ4n) is 2.17. The summed E-state index contributed by atoms with van der Waals surface area (Å²) < 4.78 is 0. The zero-order valence-electron chi connectivity index (χ0n) is 11.7. The van der Waals surface area contributed by atoms with E-state index in [0.717, 1.165) is 36.7 Å². The minimum absolute atomic E-state index is 0.600. The van der Waals surface area contributed by atoms with Crippen molar-refractivity contribution in [2.45, 2.75) is 13.8 Å². The molecule has 1 aliphatic heterocycles. The molecule has 0 unspecified atom stereocenters. The molecule has 0 atom stereocenters. The van der Waals surface area contributed by atoms with Crippen molar-refractivity contribution in [3.05, 3.63) is 35.8 Å². The Hall–Kier alpha value is -2.24. The van der Waals surface area contributed by atoms with Crippen LogP contribution in [0.1, 0.15) is 11.3 Å². The molecule has 2 aromatic rings. The van der Waals surface area contributed by atoms with E-state index in [1.807, 2.05) is 38.4 Å². The molecular weight excluding hydrogens is 252 g/mol. The molecule has 3 heterocycles. The van der Waals surface area contributed by atoms with E-state index in [4.69, 9.17) is 0 Å². The molecule has 0 amide bonds. The van der Waals surface area contributed by atoms with Crippen molar-refractivity contribution < 1.29 is 0 Å². The third-order valence-electron chi connectivity index (χ3n) is 3.39. The van der Waals surface area contributed by atoms with Gasteiger partial charge in [-0.25, -0.2) is 9.97 Å². The Morgan fingerprint density at radius 1 is 1.15 bits per heavy atom. The Morgan fingerprint density at radius 3 is 2.55 bits per heavy atom. The summed E-state index contributed by atoms with van der Waals surface area (Å²) in [4.78, 5) is 10.7. The van der Waals surface area contributed by atoms with Crippen LogP contribution < -0.4 is 10.2 Å². The standard InChI is InChI=1S/C14H18N6/c1-10-5-15-14(16-6-10)17-7-12-8-20(9-12)13-4-3-11(2)18-19-13/h3-6,12H,7-9H2,1-2H3,(H,15,16,17). The molecule has 1 saturated heterocycles. The number of anilines is 2. The number of rotatable bonds is 4. The van der Waals surface area contributed by atoms with E-state index in [0.29, 0.717) is 11.9 Å². The summed E-state index contributed by atoms with van der Waals surface area (Å²) >= 11 is 0. The predicted molar refractivity (Wildman–Crippen MR) is 77.7 cm³/mol. The Balaban J connectivity index is 1.46. The van der Waals surface area contributed by atoms with Gasteiger partial charge in [0.05, 0.1) is 5.69 Å². The minimum atomic E-state index is 0.600. The maximum atomic E-state index is 4.24. The van der Waals surface area contributed by atoms with E-state index < -0.39 is 0 Å². The number of hydrogen-bond acceptors (Lipinski definition) is 6. The monoisotopic (exact) mass is 270 g/mol. The van der Waals surface area contributed by atoms with Crippen LogP contribution in [-0.2, 0) is 0 Å². The number of aryl methyl sites for hydroxylation is 2. The predicted octanol–water partition coefficient (Wildman–Crippen LogP) is 1.43. The van der Waals surface area contributed by atoms with Crippen molar-refractivity contribution in [3.8, 4) is 0 Å². The summed E-state index contributed by atoms with van der Waals surface area (Å²) in [6.07, 6.45) is 3.65. The van der Waals surface area contributed by atoms with Gasteiger partial charge in [-0.15, -0.1) is 5.10 Å². The molecule has 0 bridgehead atoms. The van der Waals surface area contributed by atoms with Crippen molar-refractivity contribution in [2.24, 2.45) is 5.92 Å². The lowest BCUT2D eigenvalue weighted by Crippen LogP contribution is -2.50. The van der Waals surface area contributed by atoms with Crippen LogP contribution >= 0.6 is 0 Å². The number of hydrogen-bond donors (Lipinski definition) is 1. The van der Waals surface area contributed by atoms with E-state index in [9.17, 15) is 0 Å². The smallest absolute Gasteiger partial charge is 0.222 e. The normalized spacial score (nSPS) is 15.0. The molecule has 1 fully saturated rings. The SMILES string of the molecule is Cc1cnc(NCC2CN(c3ccc(C)nn3)C2)nc1. The topological polar surface area (TPSA) is 66.8 Å². The van der Waals surface area contributed by atoms with Crippen LogP contribution in [-0.4, -0.2) is 39.8 Å². The van der Waals surface area contributed by atoms with Gasteiger partial charge in [-0.3, -0.25) is 0 Å². The van der Waals surface area contributed by atoms with Gasteiger partial charge < -0.3 is 10.2 Å². The first-order valence-electron chi connectivity index (χ1n) is 6.78. The van der Waals surface area contributed by atoms with Crippen molar-refractivity contribution in [3.63, 3.8) is 0 Å². The van der Waals surface area contributed by atoms with Crippen LogP contribution in [0.15, 0.2) is 24.5 Å². The first-order chi connectivity index (χ1) is 9.70. The molecule has 1 N–H and O–H groups in total. The van der Waals surface area contributed by atoms with Gasteiger partial charge in [0.1, 0.15) is 0 Å². The third kappa shape index (κ3) is 2.84. The zero-order valence-corrected chi connectivity index (χ0v) is 11.7. The summed E-state index contributed by atoms with van der Waals surface area (Å²) in [7, 11) is 0. The second kappa shape index (κ2) is 5.40. The van der Waals surface area contributed by atoms with Crippen LogP contribution in [0.25, 0.3) is 0 Å². The van der Waals surface area contributed by atoms with E-state index in [1.54, 1.807) is 0 Å². The highest BCUT2D eigenvalue weighted by molar-refractivity contribution is 5.41. The zero-order chi connectivity index (χ0) is 13.9. The van der Waals surface area contributed by atoms with Gasteiger partial charge in [0.2, 0.25) is 5.95 Å². The van der Waals surface area contributed by atoms with E-state index in [2.05, 4.69) is 30.4 Å². The molecule has 0 saturated carbocycles. The second-order valence-corrected chi connectivity index (χ2v) is 5.27. The fraction of sp³-hybridized carbons (Fsp3) is 0.429. The lowest BCUT2D eigenvalue weighted by molar-refractivity contribution is 0.424. The van der Waals surface area contributed by atoms with Crippen molar-refractivity contribution in [1.29, 1.82) is 0 Å². The lowest BCUT2D eigenvalue weighted by atomic mass is 10.0. The second-order valence-electron chi connectivity index (χ2n) is 5.27. The van der Waals surface area contributed by atoms with E-state index >= 15 is 0 Å². The highest BCUT2D eigenvalue weighted by Gasteiger charge is 2.27. The largest absolute Gasteiger partial charge is 0.354 e. The summed E-state index contributed by atoms with van der Waals surface area (Å²) in [5.74, 6) is 2.26. The van der Waals surface area contributed by atoms with Crippen LogP contribution in [0.2, 0.25) is 0 Å². The number of nitrogens with zero attached hydrogens (tertiary/aromatic N) is 5. The van der Waals surface area contributed by atoms with Crippen molar-refractivity contribution in [1.82, 2.24) is 20.2 Å². The Kier molecular flexibility index (Phi) is 3.45. The van der Waals surface area contributed by atoms with Crippen LogP contribution in [0, 0.1) is 19.8 Å². The van der Waals surface area contributed by atoms with Crippen LogP contribution in [0.3, 0.4) is 0 Å². The number of aromatic nitrogens is 4. The van der Waals surface area contributed by atoms with Gasteiger partial charge in [0, 0.05) is 37.9 Å². The average molecular weight is 270 g/mol. The van der Waals surface area contributed by atoms with Gasteiger partial charge in [0.25, 0.3) is 0 Å². The third-order valence-corrected chi connectivity index (χ3v) is 3.39. The first-order valence-corrected chi connectivity index (χ1v) is 6.78. The lowest BCUT2D eigenvalue weighted by Gasteiger charge is -2.39. The molecule has 0 radical (unpaired) electrons. The molecule has 2 aromatic heterocycles. The molecule has 6 heteroatoms. The first kappa shape index (κ1) is 12.8. The van der Waals surface area contributed by atoms with Gasteiger partial charge in [-0.2, -0.15) is 5.10 Å². The quantitative estimate of drug-likeness (QED) is 0.906. The molecule has 6 nitrogen and oxygen atoms in total. The Morgan fingerprint density at radius 2 is 1.90 bits per heavy atom. The molecule has 104 valence electrons. The number of nitrogens with one attached hydrogen (secondary N) is 1. The minimum Gasteiger partial charge on any atom is -0.354 e. The molecule has 20 heavy (non-hydrogen) atoms. The summed E-state index contributed by atoms with van der Waals surface area (Å²) in [5, 5.41) is 11.5. The highest BCUT2D eigenvalue weighted by Crippen LogP contribution is 2.22.